The summed E-state index contributed by atoms with van der Waals surface area (Å²) in [5, 5.41) is 12.3. The van der Waals surface area contributed by atoms with Gasteiger partial charge in [0.05, 0.1) is 11.6 Å². The Morgan fingerprint density at radius 3 is 2.45 bits per heavy atom. The number of hydrogen-bond donors (Lipinski definition) is 2. The van der Waals surface area contributed by atoms with Crippen LogP contribution in [0.4, 0.5) is 0 Å². The molecule has 0 spiro atoms. The van der Waals surface area contributed by atoms with Gasteiger partial charge in [-0.2, -0.15) is 5.26 Å². The van der Waals surface area contributed by atoms with Crippen molar-refractivity contribution in [1.29, 1.82) is 5.26 Å². The Kier molecular flexibility index (Phi) is 6.50. The van der Waals surface area contributed by atoms with Gasteiger partial charge in [0.25, 0.3) is 5.56 Å². The molecule has 0 unspecified atom stereocenters. The van der Waals surface area contributed by atoms with Gasteiger partial charge in [0.1, 0.15) is 6.04 Å². The van der Waals surface area contributed by atoms with Crippen LogP contribution in [0.3, 0.4) is 0 Å². The lowest BCUT2D eigenvalue weighted by atomic mass is 9.81. The van der Waals surface area contributed by atoms with E-state index < -0.39 is 11.6 Å². The maximum Gasteiger partial charge on any atom is 0.250 e. The number of hydrogen-bond acceptors (Lipinski definition) is 4. The SMILES string of the molecule is CCn1cc(-c2ccc(C[C@@H](C#N)NC(=O)C3(N)CCCCC3)cc2)ccc1=O. The number of nitrogens with zero attached hydrogens (tertiary/aromatic N) is 2. The Labute approximate surface area is 171 Å². The number of pyridine rings is 1. The maximum atomic E-state index is 12.6. The molecule has 0 bridgehead atoms. The van der Waals surface area contributed by atoms with Crippen LogP contribution in [0, 0.1) is 11.3 Å². The largest absolute Gasteiger partial charge is 0.338 e. The molecule has 1 heterocycles. The molecule has 3 N–H and O–H groups in total. The molecule has 0 saturated heterocycles. The molecule has 2 aromatic rings. The third-order valence-electron chi connectivity index (χ3n) is 5.71. The molecule has 0 radical (unpaired) electrons. The third kappa shape index (κ3) is 4.93. The molecular formula is C23H28N4O2. The van der Waals surface area contributed by atoms with Gasteiger partial charge in [-0.25, -0.2) is 0 Å². The van der Waals surface area contributed by atoms with E-state index in [1.165, 1.54) is 0 Å². The first-order valence-electron chi connectivity index (χ1n) is 10.2. The van der Waals surface area contributed by atoms with Gasteiger partial charge in [-0.05, 0) is 42.5 Å². The quantitative estimate of drug-likeness (QED) is 0.789. The summed E-state index contributed by atoms with van der Waals surface area (Å²) >= 11 is 0. The molecular weight excluding hydrogens is 364 g/mol. The highest BCUT2D eigenvalue weighted by Gasteiger charge is 2.36. The van der Waals surface area contributed by atoms with Gasteiger partial charge in [-0.3, -0.25) is 9.59 Å². The third-order valence-corrected chi connectivity index (χ3v) is 5.71. The van der Waals surface area contributed by atoms with E-state index in [0.717, 1.165) is 36.0 Å². The first kappa shape index (κ1) is 20.8. The Morgan fingerprint density at radius 1 is 1.17 bits per heavy atom. The molecule has 6 heteroatoms. The van der Waals surface area contributed by atoms with Gasteiger partial charge < -0.3 is 15.6 Å². The average molecular weight is 393 g/mol. The summed E-state index contributed by atoms with van der Waals surface area (Å²) in [6.07, 6.45) is 6.63. The average Bonchev–Trinajstić information content (AvgIpc) is 2.74. The number of benzene rings is 1. The number of carbonyl (C=O) groups excluding carboxylic acids is 1. The normalized spacial score (nSPS) is 16.6. The molecule has 29 heavy (non-hydrogen) atoms. The van der Waals surface area contributed by atoms with Crippen molar-refractivity contribution in [2.45, 2.75) is 63.6 Å². The Morgan fingerprint density at radius 2 is 1.83 bits per heavy atom. The molecule has 1 aromatic heterocycles. The van der Waals surface area contributed by atoms with Crippen molar-refractivity contribution in [2.75, 3.05) is 0 Å². The zero-order chi connectivity index (χ0) is 20.9. The summed E-state index contributed by atoms with van der Waals surface area (Å²) in [4.78, 5) is 24.3. The first-order chi connectivity index (χ1) is 13.9. The molecule has 1 saturated carbocycles. The summed E-state index contributed by atoms with van der Waals surface area (Å²) in [5.41, 5.74) is 8.32. The van der Waals surface area contributed by atoms with Crippen LogP contribution in [0.5, 0.6) is 0 Å². The van der Waals surface area contributed by atoms with Crippen LogP contribution in [0.25, 0.3) is 11.1 Å². The Balaban J connectivity index is 1.67. The lowest BCUT2D eigenvalue weighted by Gasteiger charge is -2.32. The summed E-state index contributed by atoms with van der Waals surface area (Å²) in [6, 6.07) is 12.8. The fourth-order valence-electron chi connectivity index (χ4n) is 3.86. The van der Waals surface area contributed by atoms with Crippen molar-refractivity contribution in [3.63, 3.8) is 0 Å². The highest BCUT2D eigenvalue weighted by Crippen LogP contribution is 2.26. The molecule has 1 aliphatic carbocycles. The predicted molar refractivity (Wildman–Crippen MR) is 113 cm³/mol. The second-order valence-electron chi connectivity index (χ2n) is 7.82. The molecule has 3 rings (SSSR count). The van der Waals surface area contributed by atoms with E-state index in [1.807, 2.05) is 43.5 Å². The fraction of sp³-hybridized carbons (Fsp3) is 0.435. The zero-order valence-electron chi connectivity index (χ0n) is 16.9. The summed E-state index contributed by atoms with van der Waals surface area (Å²) < 4.78 is 1.67. The molecule has 1 atom stereocenters. The highest BCUT2D eigenvalue weighted by molar-refractivity contribution is 5.86. The monoisotopic (exact) mass is 392 g/mol. The molecule has 1 fully saturated rings. The first-order valence-corrected chi connectivity index (χ1v) is 10.2. The van der Waals surface area contributed by atoms with Crippen molar-refractivity contribution < 1.29 is 4.79 Å². The van der Waals surface area contributed by atoms with Crippen molar-refractivity contribution in [3.8, 4) is 17.2 Å². The number of aromatic nitrogens is 1. The van der Waals surface area contributed by atoms with Crippen LogP contribution in [-0.4, -0.2) is 22.1 Å². The van der Waals surface area contributed by atoms with E-state index >= 15 is 0 Å². The fourth-order valence-corrected chi connectivity index (χ4v) is 3.86. The topological polar surface area (TPSA) is 101 Å². The smallest absolute Gasteiger partial charge is 0.250 e. The number of amides is 1. The predicted octanol–water partition coefficient (Wildman–Crippen LogP) is 2.75. The van der Waals surface area contributed by atoms with E-state index in [0.29, 0.717) is 25.8 Å². The van der Waals surface area contributed by atoms with Crippen LogP contribution in [-0.2, 0) is 17.8 Å². The number of nitrogens with one attached hydrogen (secondary N) is 1. The van der Waals surface area contributed by atoms with E-state index in [1.54, 1.807) is 10.6 Å². The van der Waals surface area contributed by atoms with Crippen LogP contribution >= 0.6 is 0 Å². The summed E-state index contributed by atoms with van der Waals surface area (Å²) in [7, 11) is 0. The molecule has 6 nitrogen and oxygen atoms in total. The van der Waals surface area contributed by atoms with E-state index in [2.05, 4.69) is 11.4 Å². The lowest BCUT2D eigenvalue weighted by Crippen LogP contribution is -2.57. The Hall–Kier alpha value is -2.91. The van der Waals surface area contributed by atoms with Gasteiger partial charge >= 0.3 is 0 Å². The minimum atomic E-state index is -0.848. The number of carbonyl (C=O) groups is 1. The number of rotatable bonds is 6. The van der Waals surface area contributed by atoms with Gasteiger partial charge in [0.15, 0.2) is 0 Å². The molecule has 0 aliphatic heterocycles. The van der Waals surface area contributed by atoms with Gasteiger partial charge in [-0.15, -0.1) is 0 Å². The Bertz CT molecular complexity index is 950. The van der Waals surface area contributed by atoms with Crippen LogP contribution in [0.1, 0.15) is 44.6 Å². The standard InChI is InChI=1S/C23H28N4O2/c1-2-27-16-19(10-11-21(27)28)18-8-6-17(7-9-18)14-20(15-24)26-22(29)23(25)12-4-3-5-13-23/h6-11,16,20H,2-5,12-14,25H2,1H3,(H,26,29)/t20-/m0/s1. The highest BCUT2D eigenvalue weighted by atomic mass is 16.2. The van der Waals surface area contributed by atoms with Crippen molar-refractivity contribution in [1.82, 2.24) is 9.88 Å². The summed E-state index contributed by atoms with van der Waals surface area (Å²) in [6.45, 7) is 2.56. The molecule has 152 valence electrons. The van der Waals surface area contributed by atoms with E-state index in [4.69, 9.17) is 5.73 Å². The lowest BCUT2D eigenvalue weighted by molar-refractivity contribution is -0.127. The molecule has 1 amide bonds. The van der Waals surface area contributed by atoms with Crippen molar-refractivity contribution in [2.24, 2.45) is 5.73 Å². The van der Waals surface area contributed by atoms with Crippen molar-refractivity contribution in [3.05, 3.63) is 58.5 Å². The maximum absolute atomic E-state index is 12.6. The summed E-state index contributed by atoms with van der Waals surface area (Å²) in [5.74, 6) is -0.220. The van der Waals surface area contributed by atoms with Gasteiger partial charge in [0, 0.05) is 25.2 Å². The minimum Gasteiger partial charge on any atom is -0.338 e. The van der Waals surface area contributed by atoms with E-state index in [9.17, 15) is 14.9 Å². The van der Waals surface area contributed by atoms with Crippen LogP contribution in [0.15, 0.2) is 47.4 Å². The number of nitriles is 1. The van der Waals surface area contributed by atoms with Crippen molar-refractivity contribution >= 4 is 5.91 Å². The van der Waals surface area contributed by atoms with Gasteiger partial charge in [0.2, 0.25) is 5.91 Å². The second kappa shape index (κ2) is 9.06. The number of nitrogens with two attached hydrogens (primary N) is 1. The minimum absolute atomic E-state index is 0.0175. The molecule has 1 aliphatic rings. The zero-order valence-corrected chi connectivity index (χ0v) is 16.9. The number of aryl methyl sites for hydroxylation is 1. The second-order valence-corrected chi connectivity index (χ2v) is 7.82. The molecule has 1 aromatic carbocycles. The van der Waals surface area contributed by atoms with Crippen LogP contribution < -0.4 is 16.6 Å². The van der Waals surface area contributed by atoms with Gasteiger partial charge in [-0.1, -0.05) is 43.5 Å². The van der Waals surface area contributed by atoms with E-state index in [-0.39, 0.29) is 11.5 Å². The van der Waals surface area contributed by atoms with Crippen LogP contribution in [0.2, 0.25) is 0 Å².